The summed E-state index contributed by atoms with van der Waals surface area (Å²) in [6, 6.07) is 0. The smallest absolute Gasteiger partial charge is 0.333 e. The zero-order valence-corrected chi connectivity index (χ0v) is 15.3. The quantitative estimate of drug-likeness (QED) is 0.794. The van der Waals surface area contributed by atoms with Gasteiger partial charge >= 0.3 is 5.69 Å². The van der Waals surface area contributed by atoms with Crippen molar-refractivity contribution in [3.05, 3.63) is 43.0 Å². The van der Waals surface area contributed by atoms with Crippen LogP contribution in [0.5, 0.6) is 5.88 Å². The second-order valence-electron chi connectivity index (χ2n) is 7.06. The maximum absolute atomic E-state index is 12.5. The molecule has 8 heteroatoms. The molecule has 0 amide bonds. The van der Waals surface area contributed by atoms with Crippen molar-refractivity contribution in [3.63, 3.8) is 0 Å². The van der Waals surface area contributed by atoms with Gasteiger partial charge in [0.2, 0.25) is 5.88 Å². The molecule has 2 aromatic heterocycles. The molecular formula is C17H22N4O3S. The second kappa shape index (κ2) is 6.10. The van der Waals surface area contributed by atoms with Crippen LogP contribution in [0.1, 0.15) is 30.5 Å². The molecule has 0 aliphatic carbocycles. The molecule has 0 saturated carbocycles. The van der Waals surface area contributed by atoms with E-state index in [4.69, 9.17) is 4.74 Å². The SMILES string of the molecule is Cn1c2c(c(=O)n(C)c1=O)CC1(CCCN(Cc3cscn3)CC1)O2. The third-order valence-electron chi connectivity index (χ3n) is 5.37. The van der Waals surface area contributed by atoms with Crippen LogP contribution < -0.4 is 16.0 Å². The Bertz CT molecular complexity index is 902. The molecule has 1 saturated heterocycles. The topological polar surface area (TPSA) is 69.4 Å². The van der Waals surface area contributed by atoms with Crippen LogP contribution in [0.2, 0.25) is 0 Å². The first-order chi connectivity index (χ1) is 12.0. The molecule has 2 aliphatic rings. The molecule has 2 aliphatic heterocycles. The molecule has 0 radical (unpaired) electrons. The average molecular weight is 362 g/mol. The Hall–Kier alpha value is -1.93. The van der Waals surface area contributed by atoms with Gasteiger partial charge in [-0.15, -0.1) is 11.3 Å². The van der Waals surface area contributed by atoms with Crippen molar-refractivity contribution in [2.24, 2.45) is 14.1 Å². The molecular weight excluding hydrogens is 340 g/mol. The summed E-state index contributed by atoms with van der Waals surface area (Å²) in [7, 11) is 3.20. The van der Waals surface area contributed by atoms with Crippen LogP contribution in [-0.4, -0.2) is 37.7 Å². The molecule has 1 fully saturated rings. The van der Waals surface area contributed by atoms with E-state index in [1.807, 2.05) is 5.51 Å². The Morgan fingerprint density at radius 2 is 2.08 bits per heavy atom. The largest absolute Gasteiger partial charge is 0.471 e. The number of hydrogen-bond donors (Lipinski definition) is 0. The molecule has 25 heavy (non-hydrogen) atoms. The molecule has 4 rings (SSSR count). The zero-order valence-electron chi connectivity index (χ0n) is 14.5. The van der Waals surface area contributed by atoms with Crippen molar-refractivity contribution < 1.29 is 4.74 Å². The Morgan fingerprint density at radius 1 is 1.24 bits per heavy atom. The number of nitrogens with zero attached hydrogens (tertiary/aromatic N) is 4. The van der Waals surface area contributed by atoms with Crippen LogP contribution in [0.4, 0.5) is 0 Å². The normalized spacial score (nSPS) is 23.4. The van der Waals surface area contributed by atoms with E-state index in [1.165, 1.54) is 16.2 Å². The van der Waals surface area contributed by atoms with Crippen LogP contribution in [0, 0.1) is 0 Å². The van der Waals surface area contributed by atoms with Crippen molar-refractivity contribution in [2.75, 3.05) is 13.1 Å². The van der Waals surface area contributed by atoms with E-state index in [1.54, 1.807) is 18.4 Å². The van der Waals surface area contributed by atoms with E-state index in [0.29, 0.717) is 17.9 Å². The molecule has 2 aromatic rings. The van der Waals surface area contributed by atoms with Gasteiger partial charge in [-0.25, -0.2) is 9.78 Å². The first kappa shape index (κ1) is 16.5. The summed E-state index contributed by atoms with van der Waals surface area (Å²) in [5.41, 5.74) is 2.68. The van der Waals surface area contributed by atoms with E-state index >= 15 is 0 Å². The highest BCUT2D eigenvalue weighted by Crippen LogP contribution is 2.38. The molecule has 0 aromatic carbocycles. The summed E-state index contributed by atoms with van der Waals surface area (Å²) in [6.07, 6.45) is 3.34. The molecule has 7 nitrogen and oxygen atoms in total. The molecule has 134 valence electrons. The van der Waals surface area contributed by atoms with Gasteiger partial charge in [0, 0.05) is 45.4 Å². The fourth-order valence-electron chi connectivity index (χ4n) is 3.94. The van der Waals surface area contributed by atoms with Gasteiger partial charge in [-0.1, -0.05) is 0 Å². The number of aromatic nitrogens is 3. The lowest BCUT2D eigenvalue weighted by Crippen LogP contribution is -2.38. The zero-order chi connectivity index (χ0) is 17.6. The lowest BCUT2D eigenvalue weighted by molar-refractivity contribution is 0.0687. The first-order valence-corrected chi connectivity index (χ1v) is 9.51. The van der Waals surface area contributed by atoms with Crippen molar-refractivity contribution in [2.45, 2.75) is 37.8 Å². The van der Waals surface area contributed by atoms with Gasteiger partial charge in [-0.2, -0.15) is 0 Å². The fraction of sp³-hybridized carbons (Fsp3) is 0.588. The Balaban J connectivity index is 1.56. The predicted octanol–water partition coefficient (Wildman–Crippen LogP) is 0.900. The minimum atomic E-state index is -0.364. The number of ether oxygens (including phenoxy) is 1. The predicted molar refractivity (Wildman–Crippen MR) is 95.2 cm³/mol. The minimum absolute atomic E-state index is 0.224. The Kier molecular flexibility index (Phi) is 4.04. The van der Waals surface area contributed by atoms with Gasteiger partial charge in [0.25, 0.3) is 5.56 Å². The number of likely N-dealkylation sites (tertiary alicyclic amines) is 1. The van der Waals surface area contributed by atoms with Crippen molar-refractivity contribution in [1.82, 2.24) is 19.0 Å². The summed E-state index contributed by atoms with van der Waals surface area (Å²) >= 11 is 1.62. The average Bonchev–Trinajstić information content (AvgIpc) is 3.19. The van der Waals surface area contributed by atoms with Crippen molar-refractivity contribution >= 4 is 11.3 Å². The van der Waals surface area contributed by atoms with E-state index in [0.717, 1.165) is 44.6 Å². The van der Waals surface area contributed by atoms with Crippen LogP contribution >= 0.6 is 11.3 Å². The summed E-state index contributed by atoms with van der Waals surface area (Å²) < 4.78 is 8.89. The van der Waals surface area contributed by atoms with Crippen molar-refractivity contribution in [1.29, 1.82) is 0 Å². The van der Waals surface area contributed by atoms with Crippen LogP contribution in [-0.2, 0) is 27.1 Å². The number of hydrogen-bond acceptors (Lipinski definition) is 6. The van der Waals surface area contributed by atoms with E-state index in [-0.39, 0.29) is 16.9 Å². The molecule has 4 heterocycles. The van der Waals surface area contributed by atoms with Gasteiger partial charge in [-0.3, -0.25) is 18.8 Å². The molecule has 1 spiro atoms. The Morgan fingerprint density at radius 3 is 2.84 bits per heavy atom. The van der Waals surface area contributed by atoms with Gasteiger partial charge in [0.1, 0.15) is 5.60 Å². The standard InChI is InChI=1S/C17H22N4O3S/c1-19-14(22)13-8-17(24-15(13)20(2)16(19)23)4-3-6-21(7-5-17)9-12-10-25-11-18-12/h10-11H,3-9H2,1-2H3. The number of fused-ring (bicyclic) bond motifs is 1. The van der Waals surface area contributed by atoms with E-state index < -0.39 is 0 Å². The monoisotopic (exact) mass is 362 g/mol. The lowest BCUT2D eigenvalue weighted by atomic mass is 9.90. The lowest BCUT2D eigenvalue weighted by Gasteiger charge is -2.27. The van der Waals surface area contributed by atoms with E-state index in [2.05, 4.69) is 15.3 Å². The van der Waals surface area contributed by atoms with Crippen LogP contribution in [0.25, 0.3) is 0 Å². The number of thiazole rings is 1. The first-order valence-electron chi connectivity index (χ1n) is 8.56. The van der Waals surface area contributed by atoms with Gasteiger partial charge in [0.05, 0.1) is 16.8 Å². The maximum Gasteiger partial charge on any atom is 0.333 e. The molecule has 0 bridgehead atoms. The van der Waals surface area contributed by atoms with Crippen LogP contribution in [0.3, 0.4) is 0 Å². The third-order valence-corrected chi connectivity index (χ3v) is 6.01. The minimum Gasteiger partial charge on any atom is -0.471 e. The highest BCUT2D eigenvalue weighted by Gasteiger charge is 2.43. The summed E-state index contributed by atoms with van der Waals surface area (Å²) in [5, 5.41) is 2.09. The summed E-state index contributed by atoms with van der Waals surface area (Å²) in [6.45, 7) is 2.75. The Labute approximate surface area is 149 Å². The third kappa shape index (κ3) is 2.83. The van der Waals surface area contributed by atoms with E-state index in [9.17, 15) is 9.59 Å². The van der Waals surface area contributed by atoms with Crippen LogP contribution in [0.15, 0.2) is 20.5 Å². The molecule has 0 N–H and O–H groups in total. The van der Waals surface area contributed by atoms with Gasteiger partial charge in [-0.05, 0) is 19.4 Å². The molecule has 1 atom stereocenters. The maximum atomic E-state index is 12.5. The summed E-state index contributed by atoms with van der Waals surface area (Å²) in [4.78, 5) is 31.4. The van der Waals surface area contributed by atoms with Gasteiger partial charge in [0.15, 0.2) is 0 Å². The summed E-state index contributed by atoms with van der Waals surface area (Å²) in [5.74, 6) is 0.459. The van der Waals surface area contributed by atoms with Gasteiger partial charge < -0.3 is 4.74 Å². The second-order valence-corrected chi connectivity index (χ2v) is 7.78. The van der Waals surface area contributed by atoms with Crippen molar-refractivity contribution in [3.8, 4) is 5.88 Å². The molecule has 1 unspecified atom stereocenters. The highest BCUT2D eigenvalue weighted by molar-refractivity contribution is 7.07. The highest BCUT2D eigenvalue weighted by atomic mass is 32.1. The fourth-order valence-corrected chi connectivity index (χ4v) is 4.49. The number of rotatable bonds is 2.